The smallest absolute Gasteiger partial charge is 0.244 e. The second kappa shape index (κ2) is 4.20. The molecule has 4 heteroatoms. The van der Waals surface area contributed by atoms with Crippen molar-refractivity contribution in [3.63, 3.8) is 0 Å². The summed E-state index contributed by atoms with van der Waals surface area (Å²) in [6.45, 7) is 3.92. The van der Waals surface area contributed by atoms with Gasteiger partial charge in [0.2, 0.25) is 10.3 Å². The van der Waals surface area contributed by atoms with E-state index in [0.717, 1.165) is 16.6 Å². The highest BCUT2D eigenvalue weighted by Gasteiger charge is 2.16. The lowest BCUT2D eigenvalue weighted by molar-refractivity contribution is 0.599. The molecule has 2 rings (SSSR count). The molecule has 0 bridgehead atoms. The van der Waals surface area contributed by atoms with Gasteiger partial charge in [-0.1, -0.05) is 6.07 Å². The van der Waals surface area contributed by atoms with Gasteiger partial charge in [-0.15, -0.1) is 0 Å². The van der Waals surface area contributed by atoms with E-state index in [-0.39, 0.29) is 5.43 Å². The Bertz CT molecular complexity index is 644. The lowest BCUT2D eigenvalue weighted by atomic mass is 10.1. The van der Waals surface area contributed by atoms with Crippen molar-refractivity contribution in [2.45, 2.75) is 18.7 Å². The van der Waals surface area contributed by atoms with Crippen molar-refractivity contribution >= 4 is 22.1 Å². The van der Waals surface area contributed by atoms with Crippen molar-refractivity contribution in [1.82, 2.24) is 4.57 Å². The molecule has 1 aromatic carbocycles. The molecule has 0 N–H and O–H groups in total. The van der Waals surface area contributed by atoms with Gasteiger partial charge in [-0.2, -0.15) is 0 Å². The minimum absolute atomic E-state index is 0.114. The van der Waals surface area contributed by atoms with E-state index in [0.29, 0.717) is 10.3 Å². The molecule has 0 radical (unpaired) electrons. The highest BCUT2D eigenvalue weighted by atomic mass is 32.2. The van der Waals surface area contributed by atoms with E-state index in [1.807, 2.05) is 37.6 Å². The summed E-state index contributed by atoms with van der Waals surface area (Å²) in [5.41, 5.74) is 2.83. The van der Waals surface area contributed by atoms with Crippen LogP contribution in [-0.2, 0) is 18.2 Å². The van der Waals surface area contributed by atoms with Crippen LogP contribution in [0.5, 0.6) is 0 Å². The second-order valence-electron chi connectivity index (χ2n) is 4.36. The molecule has 3 nitrogen and oxygen atoms in total. The third-order valence-corrected chi connectivity index (χ3v) is 3.82. The predicted molar refractivity (Wildman–Crippen MR) is 71.0 cm³/mol. The molecule has 90 valence electrons. The zero-order valence-electron chi connectivity index (χ0n) is 10.4. The number of aromatic nitrogens is 1. The molecule has 1 heterocycles. The van der Waals surface area contributed by atoms with Crippen molar-refractivity contribution in [1.29, 1.82) is 0 Å². The zero-order chi connectivity index (χ0) is 12.7. The average Bonchev–Trinajstić information content (AvgIpc) is 2.21. The average molecular weight is 249 g/mol. The summed E-state index contributed by atoms with van der Waals surface area (Å²) in [7, 11) is 1.87. The van der Waals surface area contributed by atoms with Crippen molar-refractivity contribution in [3.8, 4) is 0 Å². The lowest BCUT2D eigenvalue weighted by Crippen LogP contribution is -2.18. The molecular formula is C13H15NO2S. The topological polar surface area (TPSA) is 45.1 Å². The SMILES string of the molecule is Cc1cc(C)c2c(=O)c([S+](C)[O-])cn(C)c2c1. The number of pyridine rings is 1. The van der Waals surface area contributed by atoms with Gasteiger partial charge >= 0.3 is 0 Å². The van der Waals surface area contributed by atoms with Gasteiger partial charge in [0, 0.05) is 7.05 Å². The van der Waals surface area contributed by atoms with E-state index >= 15 is 0 Å². The summed E-state index contributed by atoms with van der Waals surface area (Å²) < 4.78 is 13.4. The van der Waals surface area contributed by atoms with Gasteiger partial charge in [-0.3, -0.25) is 4.79 Å². The highest BCUT2D eigenvalue weighted by Crippen LogP contribution is 2.19. The summed E-state index contributed by atoms with van der Waals surface area (Å²) >= 11 is -1.25. The second-order valence-corrected chi connectivity index (χ2v) is 5.71. The summed E-state index contributed by atoms with van der Waals surface area (Å²) in [6.07, 6.45) is 3.20. The Morgan fingerprint density at radius 1 is 1.29 bits per heavy atom. The predicted octanol–water partition coefficient (Wildman–Crippen LogP) is 1.89. The molecule has 0 aliphatic heterocycles. The number of fused-ring (bicyclic) bond motifs is 1. The molecule has 1 atom stereocenters. The molecule has 17 heavy (non-hydrogen) atoms. The highest BCUT2D eigenvalue weighted by molar-refractivity contribution is 7.90. The van der Waals surface area contributed by atoms with E-state index in [4.69, 9.17) is 0 Å². The Morgan fingerprint density at radius 2 is 1.94 bits per heavy atom. The van der Waals surface area contributed by atoms with E-state index in [1.54, 1.807) is 6.20 Å². The van der Waals surface area contributed by atoms with Crippen LogP contribution in [0.15, 0.2) is 28.0 Å². The first-order chi connectivity index (χ1) is 7.91. The Morgan fingerprint density at radius 3 is 2.53 bits per heavy atom. The van der Waals surface area contributed by atoms with Crippen LogP contribution in [0.4, 0.5) is 0 Å². The molecule has 0 fully saturated rings. The molecule has 0 aliphatic rings. The standard InChI is InChI=1S/C13H15NO2S/c1-8-5-9(2)12-10(6-8)14(3)7-11(13(12)15)17(4)16/h5-7H,1-4H3. The third-order valence-electron chi connectivity index (χ3n) is 2.91. The number of nitrogens with zero attached hydrogens (tertiary/aromatic N) is 1. The zero-order valence-corrected chi connectivity index (χ0v) is 11.2. The van der Waals surface area contributed by atoms with Gasteiger partial charge in [0.1, 0.15) is 6.26 Å². The monoisotopic (exact) mass is 249 g/mol. The maximum Gasteiger partial charge on any atom is 0.244 e. The van der Waals surface area contributed by atoms with Crippen molar-refractivity contribution < 1.29 is 4.55 Å². The van der Waals surface area contributed by atoms with Crippen LogP contribution in [0.2, 0.25) is 0 Å². The van der Waals surface area contributed by atoms with Crippen molar-refractivity contribution in [3.05, 3.63) is 39.7 Å². The third kappa shape index (κ3) is 1.98. The fraction of sp³-hybridized carbons (Fsp3) is 0.308. The maximum atomic E-state index is 12.2. The van der Waals surface area contributed by atoms with Gasteiger partial charge in [0.25, 0.3) is 0 Å². The molecule has 0 spiro atoms. The Labute approximate surface area is 103 Å². The summed E-state index contributed by atoms with van der Waals surface area (Å²) in [4.78, 5) is 12.6. The maximum absolute atomic E-state index is 12.2. The van der Waals surface area contributed by atoms with Crippen LogP contribution in [0.25, 0.3) is 10.9 Å². The Hall–Kier alpha value is -1.26. The number of hydrogen-bond donors (Lipinski definition) is 0. The molecule has 0 saturated carbocycles. The van der Waals surface area contributed by atoms with Crippen LogP contribution in [0.1, 0.15) is 11.1 Å². The number of benzene rings is 1. The lowest BCUT2D eigenvalue weighted by Gasteiger charge is -2.11. The first-order valence-electron chi connectivity index (χ1n) is 5.36. The van der Waals surface area contributed by atoms with E-state index in [2.05, 4.69) is 0 Å². The number of hydrogen-bond acceptors (Lipinski definition) is 2. The normalized spacial score (nSPS) is 13.0. The molecule has 0 saturated heterocycles. The number of aryl methyl sites for hydroxylation is 3. The summed E-state index contributed by atoms with van der Waals surface area (Å²) in [5, 5.41) is 0.672. The fourth-order valence-electron chi connectivity index (χ4n) is 2.15. The first-order valence-corrected chi connectivity index (χ1v) is 6.91. The summed E-state index contributed by atoms with van der Waals surface area (Å²) in [5.74, 6) is 0. The van der Waals surface area contributed by atoms with Gasteiger partial charge in [0.05, 0.1) is 17.1 Å². The van der Waals surface area contributed by atoms with Gasteiger partial charge in [0.15, 0.2) is 0 Å². The first kappa shape index (κ1) is 12.2. The number of rotatable bonds is 1. The Balaban J connectivity index is 2.99. The largest absolute Gasteiger partial charge is 0.612 e. The van der Waals surface area contributed by atoms with Crippen LogP contribution in [0, 0.1) is 13.8 Å². The van der Waals surface area contributed by atoms with Crippen LogP contribution < -0.4 is 5.43 Å². The van der Waals surface area contributed by atoms with Gasteiger partial charge in [-0.25, -0.2) is 0 Å². The minimum Gasteiger partial charge on any atom is -0.612 e. The minimum atomic E-state index is -1.25. The van der Waals surface area contributed by atoms with E-state index in [9.17, 15) is 9.35 Å². The van der Waals surface area contributed by atoms with Gasteiger partial charge < -0.3 is 9.12 Å². The molecule has 0 amide bonds. The van der Waals surface area contributed by atoms with Crippen molar-refractivity contribution in [2.24, 2.45) is 7.05 Å². The van der Waals surface area contributed by atoms with Crippen LogP contribution in [0.3, 0.4) is 0 Å². The van der Waals surface area contributed by atoms with Crippen molar-refractivity contribution in [2.75, 3.05) is 6.26 Å². The van der Waals surface area contributed by atoms with Gasteiger partial charge in [-0.05, 0) is 42.2 Å². The van der Waals surface area contributed by atoms with E-state index < -0.39 is 11.2 Å². The molecule has 1 aromatic heterocycles. The molecule has 2 aromatic rings. The quantitative estimate of drug-likeness (QED) is 0.724. The van der Waals surface area contributed by atoms with Crippen LogP contribution >= 0.6 is 0 Å². The van der Waals surface area contributed by atoms with Crippen LogP contribution in [-0.4, -0.2) is 15.4 Å². The Kier molecular flexibility index (Phi) is 3.02. The summed E-state index contributed by atoms with van der Waals surface area (Å²) in [6, 6.07) is 3.96. The molecule has 1 unspecified atom stereocenters. The molecule has 0 aliphatic carbocycles. The fourth-order valence-corrected chi connectivity index (χ4v) is 2.82. The van der Waals surface area contributed by atoms with E-state index in [1.165, 1.54) is 6.26 Å². The molecular weight excluding hydrogens is 234 g/mol.